The molecule has 0 saturated heterocycles. The number of hydrogen-bond donors (Lipinski definition) is 2. The molecule has 0 aliphatic rings. The molecule has 0 unspecified atom stereocenters. The molecule has 21 heavy (non-hydrogen) atoms. The molecule has 2 aromatic rings. The van der Waals surface area contributed by atoms with Crippen molar-refractivity contribution in [2.75, 3.05) is 0 Å². The van der Waals surface area contributed by atoms with E-state index in [1.54, 1.807) is 33.8 Å². The third kappa shape index (κ3) is 2.49. The van der Waals surface area contributed by atoms with Crippen molar-refractivity contribution in [1.29, 1.82) is 0 Å². The molecule has 2 aromatic carbocycles. The van der Waals surface area contributed by atoms with Gasteiger partial charge in [0.1, 0.15) is 11.5 Å². The minimum Gasteiger partial charge on any atom is -0.508 e. The lowest BCUT2D eigenvalue weighted by Gasteiger charge is -2.15. The lowest BCUT2D eigenvalue weighted by molar-refractivity contribution is 0.468. The molecule has 0 fully saturated rings. The van der Waals surface area contributed by atoms with Crippen LogP contribution in [0.25, 0.3) is 0 Å². The Morgan fingerprint density at radius 1 is 0.857 bits per heavy atom. The monoisotopic (exact) mass is 306 g/mol. The molecule has 2 rings (SSSR count). The number of aromatic hydroxyl groups is 2. The highest BCUT2D eigenvalue weighted by atomic mass is 32.2. The van der Waals surface area contributed by atoms with E-state index >= 15 is 0 Å². The zero-order valence-corrected chi connectivity index (χ0v) is 13.2. The Bertz CT molecular complexity index is 821. The normalized spacial score (nSPS) is 11.6. The second-order valence-electron chi connectivity index (χ2n) is 5.24. The highest BCUT2D eigenvalue weighted by molar-refractivity contribution is 7.91. The van der Waals surface area contributed by atoms with Gasteiger partial charge < -0.3 is 10.2 Å². The lowest BCUT2D eigenvalue weighted by Crippen LogP contribution is -2.09. The second kappa shape index (κ2) is 5.07. The van der Waals surface area contributed by atoms with E-state index in [4.69, 9.17) is 0 Å². The fraction of sp³-hybridized carbons (Fsp3) is 0.250. The van der Waals surface area contributed by atoms with Crippen LogP contribution >= 0.6 is 0 Å². The fourth-order valence-electron chi connectivity index (χ4n) is 2.43. The van der Waals surface area contributed by atoms with Gasteiger partial charge >= 0.3 is 0 Å². The van der Waals surface area contributed by atoms with Crippen LogP contribution in [0.5, 0.6) is 11.5 Å². The maximum absolute atomic E-state index is 12.9. The second-order valence-corrected chi connectivity index (χ2v) is 7.10. The van der Waals surface area contributed by atoms with Crippen LogP contribution in [-0.4, -0.2) is 18.6 Å². The first-order chi connectivity index (χ1) is 9.66. The molecule has 0 aliphatic heterocycles. The van der Waals surface area contributed by atoms with Gasteiger partial charge in [-0.05, 0) is 62.6 Å². The molecule has 0 radical (unpaired) electrons. The molecule has 0 aliphatic carbocycles. The van der Waals surface area contributed by atoms with Crippen LogP contribution in [-0.2, 0) is 9.84 Å². The van der Waals surface area contributed by atoms with Crippen molar-refractivity contribution in [2.45, 2.75) is 37.5 Å². The van der Waals surface area contributed by atoms with E-state index in [0.29, 0.717) is 22.3 Å². The Morgan fingerprint density at radius 2 is 1.48 bits per heavy atom. The number of phenolic OH excluding ortho intramolecular Hbond substituents is 2. The first-order valence-electron chi connectivity index (χ1n) is 6.50. The molecule has 0 spiro atoms. The van der Waals surface area contributed by atoms with Crippen molar-refractivity contribution < 1.29 is 18.6 Å². The van der Waals surface area contributed by atoms with Crippen LogP contribution < -0.4 is 0 Å². The van der Waals surface area contributed by atoms with E-state index < -0.39 is 9.84 Å². The molecule has 0 amide bonds. The molecule has 0 heterocycles. The molecule has 112 valence electrons. The number of rotatable bonds is 2. The van der Waals surface area contributed by atoms with Gasteiger partial charge in [0.2, 0.25) is 9.84 Å². The Morgan fingerprint density at radius 3 is 2.10 bits per heavy atom. The minimum atomic E-state index is -3.82. The first-order valence-corrected chi connectivity index (χ1v) is 7.99. The van der Waals surface area contributed by atoms with Crippen molar-refractivity contribution in [3.63, 3.8) is 0 Å². The van der Waals surface area contributed by atoms with E-state index in [0.717, 1.165) is 0 Å². The minimum absolute atomic E-state index is 0.0614. The standard InChI is InChI=1S/C16H18O4S/c1-9-5-6-14(18)12(4)16(9)21(19,20)15-8-13(17)7-10(2)11(15)3/h5-8,17-18H,1-4H3. The van der Waals surface area contributed by atoms with Crippen molar-refractivity contribution in [1.82, 2.24) is 0 Å². The zero-order valence-electron chi connectivity index (χ0n) is 12.4. The molecule has 0 aromatic heterocycles. The Balaban J connectivity index is 2.84. The summed E-state index contributed by atoms with van der Waals surface area (Å²) >= 11 is 0. The largest absolute Gasteiger partial charge is 0.508 e. The number of sulfone groups is 1. The van der Waals surface area contributed by atoms with E-state index in [-0.39, 0.29) is 21.3 Å². The predicted molar refractivity (Wildman–Crippen MR) is 80.6 cm³/mol. The number of hydrogen-bond acceptors (Lipinski definition) is 4. The smallest absolute Gasteiger partial charge is 0.207 e. The summed E-state index contributed by atoms with van der Waals surface area (Å²) < 4.78 is 25.9. The third-order valence-corrected chi connectivity index (χ3v) is 5.91. The summed E-state index contributed by atoms with van der Waals surface area (Å²) in [5.41, 5.74) is 2.17. The van der Waals surface area contributed by atoms with E-state index in [2.05, 4.69) is 0 Å². The van der Waals surface area contributed by atoms with Gasteiger partial charge in [0, 0.05) is 5.56 Å². The Kier molecular flexibility index (Phi) is 3.72. The highest BCUT2D eigenvalue weighted by Crippen LogP contribution is 2.35. The maximum atomic E-state index is 12.9. The average molecular weight is 306 g/mol. The van der Waals surface area contributed by atoms with Gasteiger partial charge in [-0.2, -0.15) is 0 Å². The van der Waals surface area contributed by atoms with Crippen LogP contribution in [0.3, 0.4) is 0 Å². The predicted octanol–water partition coefficient (Wildman–Crippen LogP) is 3.16. The highest BCUT2D eigenvalue weighted by Gasteiger charge is 2.26. The van der Waals surface area contributed by atoms with Gasteiger partial charge in [0.15, 0.2) is 0 Å². The van der Waals surface area contributed by atoms with E-state index in [1.165, 1.54) is 18.2 Å². The molecule has 0 saturated carbocycles. The summed E-state index contributed by atoms with van der Waals surface area (Å²) in [4.78, 5) is 0.160. The summed E-state index contributed by atoms with van der Waals surface area (Å²) in [7, 11) is -3.82. The van der Waals surface area contributed by atoms with Crippen LogP contribution in [0.1, 0.15) is 22.3 Å². The van der Waals surface area contributed by atoms with Gasteiger partial charge in [-0.25, -0.2) is 8.42 Å². The van der Waals surface area contributed by atoms with Crippen LogP contribution in [0.15, 0.2) is 34.1 Å². The SMILES string of the molecule is Cc1cc(O)cc(S(=O)(=O)c2c(C)ccc(O)c2C)c1C. The molecule has 0 atom stereocenters. The molecular weight excluding hydrogens is 288 g/mol. The van der Waals surface area contributed by atoms with E-state index in [1.807, 2.05) is 0 Å². The Labute approximate surface area is 124 Å². The van der Waals surface area contributed by atoms with Crippen LogP contribution in [0.4, 0.5) is 0 Å². The Hall–Kier alpha value is -2.01. The summed E-state index contributed by atoms with van der Waals surface area (Å²) in [5, 5.41) is 19.5. The van der Waals surface area contributed by atoms with Gasteiger partial charge in [0.05, 0.1) is 9.79 Å². The molecule has 0 bridgehead atoms. The van der Waals surface area contributed by atoms with Gasteiger partial charge in [-0.3, -0.25) is 0 Å². The van der Waals surface area contributed by atoms with Crippen LogP contribution in [0.2, 0.25) is 0 Å². The fourth-order valence-corrected chi connectivity index (χ4v) is 4.49. The maximum Gasteiger partial charge on any atom is 0.207 e. The number of phenols is 2. The number of benzene rings is 2. The summed E-state index contributed by atoms with van der Waals surface area (Å²) in [5.74, 6) is -0.152. The van der Waals surface area contributed by atoms with Gasteiger partial charge in [-0.15, -0.1) is 0 Å². The van der Waals surface area contributed by atoms with Crippen molar-refractivity contribution in [3.05, 3.63) is 46.5 Å². The first kappa shape index (κ1) is 15.4. The van der Waals surface area contributed by atoms with Gasteiger partial charge in [-0.1, -0.05) is 6.07 Å². The van der Waals surface area contributed by atoms with Crippen molar-refractivity contribution in [2.24, 2.45) is 0 Å². The number of aryl methyl sites for hydroxylation is 2. The molecule has 2 N–H and O–H groups in total. The topological polar surface area (TPSA) is 74.6 Å². The van der Waals surface area contributed by atoms with Gasteiger partial charge in [0.25, 0.3) is 0 Å². The van der Waals surface area contributed by atoms with Crippen molar-refractivity contribution in [3.8, 4) is 11.5 Å². The quantitative estimate of drug-likeness (QED) is 0.893. The molecule has 5 heteroatoms. The zero-order chi connectivity index (χ0) is 15.9. The van der Waals surface area contributed by atoms with Crippen LogP contribution in [0, 0.1) is 27.7 Å². The lowest BCUT2D eigenvalue weighted by atomic mass is 10.1. The van der Waals surface area contributed by atoms with E-state index in [9.17, 15) is 18.6 Å². The molecule has 4 nitrogen and oxygen atoms in total. The summed E-state index contributed by atoms with van der Waals surface area (Å²) in [6, 6.07) is 5.82. The van der Waals surface area contributed by atoms with Crippen molar-refractivity contribution >= 4 is 9.84 Å². The third-order valence-electron chi connectivity index (χ3n) is 3.74. The summed E-state index contributed by atoms with van der Waals surface area (Å²) in [6.45, 7) is 6.70. The molecular formula is C16H18O4S. The average Bonchev–Trinajstić information content (AvgIpc) is 2.38. The summed E-state index contributed by atoms with van der Waals surface area (Å²) in [6.07, 6.45) is 0.